The summed E-state index contributed by atoms with van der Waals surface area (Å²) < 4.78 is 0. The fourth-order valence-corrected chi connectivity index (χ4v) is 2.02. The first-order chi connectivity index (χ1) is 6.70. The molecule has 0 radical (unpaired) electrons. The van der Waals surface area contributed by atoms with Crippen LogP contribution in [-0.2, 0) is 6.42 Å². The van der Waals surface area contributed by atoms with Gasteiger partial charge in [0.15, 0.2) is 0 Å². The van der Waals surface area contributed by atoms with Gasteiger partial charge in [0.1, 0.15) is 0 Å². The number of aliphatic hydroxyl groups is 1. The van der Waals surface area contributed by atoms with Gasteiger partial charge in [0.2, 0.25) is 0 Å². The maximum absolute atomic E-state index is 9.13. The fraction of sp³-hybridized carbons (Fsp3) is 0.545. The minimum Gasteiger partial charge on any atom is -0.396 e. The molecule has 0 bridgehead atoms. The minimum atomic E-state index is 0.249. The number of nitrogens with zero attached hydrogens (tertiary/aromatic N) is 2. The Kier molecular flexibility index (Phi) is 2.42. The van der Waals surface area contributed by atoms with E-state index in [-0.39, 0.29) is 6.61 Å². The van der Waals surface area contributed by atoms with Gasteiger partial charge in [0, 0.05) is 32.3 Å². The number of rotatable bonds is 1. The first-order valence-corrected chi connectivity index (χ1v) is 4.98. The van der Waals surface area contributed by atoms with E-state index < -0.39 is 0 Å². The largest absolute Gasteiger partial charge is 0.396 e. The van der Waals surface area contributed by atoms with E-state index >= 15 is 0 Å². The second-order valence-corrected chi connectivity index (χ2v) is 4.11. The van der Waals surface area contributed by atoms with E-state index in [1.54, 1.807) is 0 Å². The molecule has 14 heavy (non-hydrogen) atoms. The van der Waals surface area contributed by atoms with Crippen molar-refractivity contribution in [3.05, 3.63) is 23.5 Å². The normalized spacial score (nSPS) is 20.8. The van der Waals surface area contributed by atoms with Crippen molar-refractivity contribution in [3.63, 3.8) is 0 Å². The Morgan fingerprint density at radius 2 is 2.43 bits per heavy atom. The summed E-state index contributed by atoms with van der Waals surface area (Å²) in [5.41, 5.74) is 3.52. The zero-order chi connectivity index (χ0) is 10.1. The van der Waals surface area contributed by atoms with Crippen LogP contribution in [0.15, 0.2) is 12.3 Å². The smallest absolute Gasteiger partial charge is 0.0641 e. The zero-order valence-corrected chi connectivity index (χ0v) is 8.70. The Bertz CT molecular complexity index is 338. The number of aliphatic hydroxyl groups excluding tert-OH is 1. The topological polar surface area (TPSA) is 36.4 Å². The number of fused-ring (bicyclic) bond motifs is 1. The molecule has 0 spiro atoms. The van der Waals surface area contributed by atoms with Crippen LogP contribution in [0.1, 0.15) is 11.3 Å². The van der Waals surface area contributed by atoms with Crippen molar-refractivity contribution < 1.29 is 5.11 Å². The molecule has 0 aromatic carbocycles. The lowest BCUT2D eigenvalue weighted by Crippen LogP contribution is -2.34. The van der Waals surface area contributed by atoms with Crippen LogP contribution in [0.3, 0.4) is 0 Å². The monoisotopic (exact) mass is 192 g/mol. The van der Waals surface area contributed by atoms with Gasteiger partial charge >= 0.3 is 0 Å². The standard InChI is InChI=1S/C11H16N2O/c1-8-3-11-10(12-5-8)4-9(7-14)6-13(11)2/h3,5,9,14H,4,6-7H2,1-2H3. The number of hydrogen-bond donors (Lipinski definition) is 1. The SMILES string of the molecule is Cc1cnc2c(c1)N(C)CC(CO)C2. The second-order valence-electron chi connectivity index (χ2n) is 4.11. The maximum atomic E-state index is 9.13. The zero-order valence-electron chi connectivity index (χ0n) is 8.70. The highest BCUT2D eigenvalue weighted by Crippen LogP contribution is 2.27. The first kappa shape index (κ1) is 9.46. The number of anilines is 1. The van der Waals surface area contributed by atoms with Gasteiger partial charge in [0.05, 0.1) is 11.4 Å². The van der Waals surface area contributed by atoms with Crippen molar-refractivity contribution in [1.29, 1.82) is 0 Å². The Balaban J connectivity index is 2.35. The fourth-order valence-electron chi connectivity index (χ4n) is 2.02. The predicted molar refractivity (Wildman–Crippen MR) is 56.5 cm³/mol. The van der Waals surface area contributed by atoms with Gasteiger partial charge in [-0.3, -0.25) is 4.98 Å². The van der Waals surface area contributed by atoms with Crippen molar-refractivity contribution in [1.82, 2.24) is 4.98 Å². The Morgan fingerprint density at radius 1 is 1.64 bits per heavy atom. The van der Waals surface area contributed by atoms with Gasteiger partial charge in [-0.15, -0.1) is 0 Å². The molecule has 3 nitrogen and oxygen atoms in total. The number of hydrogen-bond acceptors (Lipinski definition) is 3. The predicted octanol–water partition coefficient (Wildman–Crippen LogP) is 0.991. The lowest BCUT2D eigenvalue weighted by Gasteiger charge is -2.31. The van der Waals surface area contributed by atoms with Crippen LogP contribution >= 0.6 is 0 Å². The van der Waals surface area contributed by atoms with E-state index in [2.05, 4.69) is 29.9 Å². The van der Waals surface area contributed by atoms with E-state index in [1.165, 1.54) is 11.3 Å². The highest BCUT2D eigenvalue weighted by molar-refractivity contribution is 5.53. The summed E-state index contributed by atoms with van der Waals surface area (Å²) >= 11 is 0. The van der Waals surface area contributed by atoms with Crippen LogP contribution in [0.25, 0.3) is 0 Å². The third-order valence-corrected chi connectivity index (χ3v) is 2.77. The van der Waals surface area contributed by atoms with E-state index in [0.29, 0.717) is 5.92 Å². The summed E-state index contributed by atoms with van der Waals surface area (Å²) in [5, 5.41) is 9.13. The van der Waals surface area contributed by atoms with Crippen LogP contribution in [0.5, 0.6) is 0 Å². The van der Waals surface area contributed by atoms with Crippen LogP contribution in [0.4, 0.5) is 5.69 Å². The summed E-state index contributed by atoms with van der Waals surface area (Å²) in [6.45, 7) is 3.23. The van der Waals surface area contributed by atoms with Gasteiger partial charge in [-0.1, -0.05) is 0 Å². The highest BCUT2D eigenvalue weighted by atomic mass is 16.3. The minimum absolute atomic E-state index is 0.249. The molecule has 0 aliphatic carbocycles. The van der Waals surface area contributed by atoms with E-state index in [0.717, 1.165) is 18.7 Å². The molecule has 1 N–H and O–H groups in total. The number of aryl methyl sites for hydroxylation is 1. The van der Waals surface area contributed by atoms with Crippen LogP contribution in [0.2, 0.25) is 0 Å². The van der Waals surface area contributed by atoms with Gasteiger partial charge in [0.25, 0.3) is 0 Å². The third-order valence-electron chi connectivity index (χ3n) is 2.77. The number of aromatic nitrogens is 1. The van der Waals surface area contributed by atoms with Gasteiger partial charge in [-0.05, 0) is 25.0 Å². The summed E-state index contributed by atoms with van der Waals surface area (Å²) in [7, 11) is 2.06. The van der Waals surface area contributed by atoms with Crippen LogP contribution < -0.4 is 4.90 Å². The Hall–Kier alpha value is -1.09. The van der Waals surface area contributed by atoms with Crippen molar-refractivity contribution in [2.24, 2.45) is 5.92 Å². The van der Waals surface area contributed by atoms with Crippen LogP contribution in [0, 0.1) is 12.8 Å². The summed E-state index contributed by atoms with van der Waals surface area (Å²) in [6, 6.07) is 2.16. The molecule has 1 aromatic rings. The second kappa shape index (κ2) is 3.58. The van der Waals surface area contributed by atoms with E-state index in [4.69, 9.17) is 5.11 Å². The molecule has 1 aliphatic heterocycles. The van der Waals surface area contributed by atoms with E-state index in [9.17, 15) is 0 Å². The van der Waals surface area contributed by atoms with Crippen molar-refractivity contribution in [3.8, 4) is 0 Å². The lowest BCUT2D eigenvalue weighted by atomic mass is 9.97. The van der Waals surface area contributed by atoms with Gasteiger partial charge in [-0.25, -0.2) is 0 Å². The molecular weight excluding hydrogens is 176 g/mol. The van der Waals surface area contributed by atoms with E-state index in [1.807, 2.05) is 6.20 Å². The van der Waals surface area contributed by atoms with Crippen molar-refractivity contribution in [2.45, 2.75) is 13.3 Å². The average Bonchev–Trinajstić information content (AvgIpc) is 2.19. The third kappa shape index (κ3) is 1.60. The van der Waals surface area contributed by atoms with Crippen molar-refractivity contribution >= 4 is 5.69 Å². The average molecular weight is 192 g/mol. The molecular formula is C11H16N2O. The molecule has 0 saturated heterocycles. The molecule has 2 heterocycles. The highest BCUT2D eigenvalue weighted by Gasteiger charge is 2.22. The molecule has 1 aromatic heterocycles. The molecule has 0 saturated carbocycles. The maximum Gasteiger partial charge on any atom is 0.0641 e. The Labute approximate surface area is 84.4 Å². The van der Waals surface area contributed by atoms with Gasteiger partial charge < -0.3 is 10.0 Å². The molecule has 0 amide bonds. The summed E-state index contributed by atoms with van der Waals surface area (Å²) in [5.74, 6) is 0.336. The number of pyridine rings is 1. The van der Waals surface area contributed by atoms with Gasteiger partial charge in [-0.2, -0.15) is 0 Å². The summed E-state index contributed by atoms with van der Waals surface area (Å²) in [6.07, 6.45) is 2.79. The van der Waals surface area contributed by atoms with Crippen LogP contribution in [-0.4, -0.2) is 30.3 Å². The quantitative estimate of drug-likeness (QED) is 0.721. The summed E-state index contributed by atoms with van der Waals surface area (Å²) in [4.78, 5) is 6.59. The molecule has 1 atom stereocenters. The lowest BCUT2D eigenvalue weighted by molar-refractivity contribution is 0.224. The molecule has 1 aliphatic rings. The molecule has 3 heteroatoms. The van der Waals surface area contributed by atoms with Crippen molar-refractivity contribution in [2.75, 3.05) is 25.1 Å². The Morgan fingerprint density at radius 3 is 3.14 bits per heavy atom. The molecule has 76 valence electrons. The molecule has 0 fully saturated rings. The molecule has 1 unspecified atom stereocenters. The first-order valence-electron chi connectivity index (χ1n) is 4.98. The molecule has 2 rings (SSSR count).